The van der Waals surface area contributed by atoms with Gasteiger partial charge in [0.2, 0.25) is 11.8 Å². The molecule has 0 spiro atoms. The van der Waals surface area contributed by atoms with Crippen molar-refractivity contribution < 1.29 is 9.59 Å². The first-order chi connectivity index (χ1) is 12.9. The molecule has 1 aliphatic carbocycles. The summed E-state index contributed by atoms with van der Waals surface area (Å²) < 4.78 is 0. The van der Waals surface area contributed by atoms with Crippen LogP contribution in [0.1, 0.15) is 24.8 Å². The number of benzene rings is 1. The van der Waals surface area contributed by atoms with E-state index in [1.54, 1.807) is 14.1 Å². The Morgan fingerprint density at radius 1 is 0.963 bits per heavy atom. The Labute approximate surface area is 169 Å². The summed E-state index contributed by atoms with van der Waals surface area (Å²) in [4.78, 5) is 25.2. The number of thiocarbonyl (C=S) groups is 2. The number of hydrogen-bond acceptors (Lipinski definition) is 4. The van der Waals surface area contributed by atoms with Gasteiger partial charge in [-0.3, -0.25) is 30.5 Å². The van der Waals surface area contributed by atoms with E-state index in [9.17, 15) is 9.59 Å². The summed E-state index contributed by atoms with van der Waals surface area (Å²) in [6.45, 7) is 0. The lowest BCUT2D eigenvalue weighted by atomic mass is 10.1. The van der Waals surface area contributed by atoms with Crippen LogP contribution in [-0.2, 0) is 9.59 Å². The van der Waals surface area contributed by atoms with Gasteiger partial charge in [0, 0.05) is 25.2 Å². The van der Waals surface area contributed by atoms with E-state index in [4.69, 9.17) is 24.4 Å². The Balaban J connectivity index is 1.81. The van der Waals surface area contributed by atoms with Crippen molar-refractivity contribution in [3.63, 3.8) is 0 Å². The van der Waals surface area contributed by atoms with E-state index < -0.39 is 11.8 Å². The van der Waals surface area contributed by atoms with E-state index in [1.165, 1.54) is 10.0 Å². The monoisotopic (exact) mass is 402 g/mol. The number of nitrogens with zero attached hydrogens (tertiary/aromatic N) is 2. The molecule has 2 N–H and O–H groups in total. The van der Waals surface area contributed by atoms with Crippen LogP contribution in [0.2, 0.25) is 0 Å². The molecule has 0 radical (unpaired) electrons. The minimum absolute atomic E-state index is 0.344. The molecule has 8 heteroatoms. The zero-order valence-electron chi connectivity index (χ0n) is 15.3. The molecule has 1 aromatic carbocycles. The fourth-order valence-electron chi connectivity index (χ4n) is 2.44. The van der Waals surface area contributed by atoms with Crippen molar-refractivity contribution in [2.24, 2.45) is 0 Å². The van der Waals surface area contributed by atoms with E-state index in [2.05, 4.69) is 10.9 Å². The molecule has 0 bridgehead atoms. The van der Waals surface area contributed by atoms with Crippen molar-refractivity contribution in [1.82, 2.24) is 20.9 Å². The van der Waals surface area contributed by atoms with Crippen molar-refractivity contribution in [3.8, 4) is 0 Å². The maximum atomic E-state index is 12.1. The molecule has 1 aromatic rings. The fourth-order valence-corrected chi connectivity index (χ4v) is 2.82. The molecule has 27 heavy (non-hydrogen) atoms. The van der Waals surface area contributed by atoms with Gasteiger partial charge < -0.3 is 0 Å². The maximum absolute atomic E-state index is 12.1. The zero-order valence-corrected chi connectivity index (χ0v) is 16.9. The topological polar surface area (TPSA) is 64.7 Å². The van der Waals surface area contributed by atoms with Crippen molar-refractivity contribution in [3.05, 3.63) is 59.7 Å². The minimum Gasteiger partial charge on any atom is -0.277 e. The van der Waals surface area contributed by atoms with Gasteiger partial charge in [0.1, 0.15) is 16.4 Å². The molecule has 0 saturated heterocycles. The molecule has 2 rings (SSSR count). The van der Waals surface area contributed by atoms with Crippen LogP contribution in [-0.4, -0.2) is 45.9 Å². The second-order valence-corrected chi connectivity index (χ2v) is 6.75. The highest BCUT2D eigenvalue weighted by Gasteiger charge is 2.17. The number of rotatable bonds is 4. The van der Waals surface area contributed by atoms with Gasteiger partial charge in [-0.2, -0.15) is 0 Å². The third-order valence-electron chi connectivity index (χ3n) is 3.78. The number of carbonyl (C=O) groups excluding carboxylic acids is 2. The summed E-state index contributed by atoms with van der Waals surface area (Å²) in [5.74, 6) is -0.929. The maximum Gasteiger partial charge on any atom is 0.248 e. The second kappa shape index (κ2) is 9.94. The lowest BCUT2D eigenvalue weighted by Gasteiger charge is -2.23. The minimum atomic E-state index is -0.468. The summed E-state index contributed by atoms with van der Waals surface area (Å²) in [5, 5.41) is 2.87. The fraction of sp³-hybridized carbons (Fsp3) is 0.263. The van der Waals surface area contributed by atoms with Crippen molar-refractivity contribution in [2.45, 2.75) is 19.3 Å². The third-order valence-corrected chi connectivity index (χ3v) is 4.80. The van der Waals surface area contributed by atoms with Crippen LogP contribution in [0.15, 0.2) is 54.1 Å². The van der Waals surface area contributed by atoms with Crippen LogP contribution in [0, 0.1) is 0 Å². The molecule has 142 valence electrons. The Kier molecular flexibility index (Phi) is 7.63. The molecule has 0 heterocycles. The number of likely N-dealkylation sites (N-methyl/N-ethyl adjacent to an activating group) is 1. The third kappa shape index (κ3) is 6.26. The molecule has 0 atom stereocenters. The molecule has 0 saturated carbocycles. The first-order valence-corrected chi connectivity index (χ1v) is 9.27. The number of allylic oxidation sites excluding steroid dienone is 2. The zero-order chi connectivity index (χ0) is 19.8. The first-order valence-electron chi connectivity index (χ1n) is 8.45. The van der Waals surface area contributed by atoms with Crippen LogP contribution >= 0.6 is 24.4 Å². The highest BCUT2D eigenvalue weighted by atomic mass is 32.1. The van der Waals surface area contributed by atoms with Gasteiger partial charge in [0.05, 0.1) is 0 Å². The average molecular weight is 403 g/mol. The van der Waals surface area contributed by atoms with Crippen LogP contribution in [0.25, 0.3) is 0 Å². The predicted molar refractivity (Wildman–Crippen MR) is 114 cm³/mol. The van der Waals surface area contributed by atoms with Gasteiger partial charge in [-0.05, 0) is 12.8 Å². The Morgan fingerprint density at radius 2 is 1.56 bits per heavy atom. The summed E-state index contributed by atoms with van der Waals surface area (Å²) in [6, 6.07) is 9.31. The smallest absolute Gasteiger partial charge is 0.248 e. The number of amides is 2. The average Bonchev–Trinajstić information content (AvgIpc) is 2.67. The van der Waals surface area contributed by atoms with E-state index in [0.717, 1.165) is 24.0 Å². The molecule has 0 aliphatic heterocycles. The van der Waals surface area contributed by atoms with E-state index in [0.29, 0.717) is 9.98 Å². The number of hydrazine groups is 2. The molecular weight excluding hydrogens is 380 g/mol. The van der Waals surface area contributed by atoms with Crippen molar-refractivity contribution in [2.75, 3.05) is 14.1 Å². The van der Waals surface area contributed by atoms with Crippen LogP contribution in [0.5, 0.6) is 0 Å². The molecule has 0 aromatic heterocycles. The molecule has 2 amide bonds. The lowest BCUT2D eigenvalue weighted by molar-refractivity contribution is -0.132. The highest BCUT2D eigenvalue weighted by Crippen LogP contribution is 2.12. The summed E-state index contributed by atoms with van der Waals surface area (Å²) in [7, 11) is 3.28. The van der Waals surface area contributed by atoms with E-state index in [-0.39, 0.29) is 6.42 Å². The van der Waals surface area contributed by atoms with Crippen molar-refractivity contribution >= 4 is 46.2 Å². The SMILES string of the molecule is CN(NC(=O)CC(=O)NN(C)C(=S)c1ccccc1)C(=S)C1=CCCC=C1. The van der Waals surface area contributed by atoms with Gasteiger partial charge in [-0.15, -0.1) is 0 Å². The van der Waals surface area contributed by atoms with Gasteiger partial charge in [0.25, 0.3) is 0 Å². The quantitative estimate of drug-likeness (QED) is 0.458. The van der Waals surface area contributed by atoms with Crippen LogP contribution in [0.3, 0.4) is 0 Å². The standard InChI is InChI=1S/C19H22N4O2S2/c1-22(18(26)14-9-5-3-6-10-14)20-16(24)13-17(25)21-23(2)19(27)15-11-7-4-8-12-15/h3,5-7,9-12H,4,8,13H2,1-2H3,(H,20,24)(H,21,25). The van der Waals surface area contributed by atoms with Crippen LogP contribution < -0.4 is 10.9 Å². The Hall–Kier alpha value is -2.58. The Morgan fingerprint density at radius 3 is 2.11 bits per heavy atom. The number of hydrogen-bond donors (Lipinski definition) is 2. The molecule has 0 fully saturated rings. The number of carbonyl (C=O) groups is 2. The van der Waals surface area contributed by atoms with E-state index in [1.807, 2.05) is 48.6 Å². The summed E-state index contributed by atoms with van der Waals surface area (Å²) in [6.07, 6.45) is 7.56. The van der Waals surface area contributed by atoms with Crippen molar-refractivity contribution in [1.29, 1.82) is 0 Å². The molecule has 0 unspecified atom stereocenters. The first kappa shape index (κ1) is 20.7. The van der Waals surface area contributed by atoms with Gasteiger partial charge in [0.15, 0.2) is 0 Å². The molecule has 6 nitrogen and oxygen atoms in total. The lowest BCUT2D eigenvalue weighted by Crippen LogP contribution is -2.47. The largest absolute Gasteiger partial charge is 0.277 e. The van der Waals surface area contributed by atoms with E-state index >= 15 is 0 Å². The Bertz CT molecular complexity index is 790. The normalized spacial score (nSPS) is 12.6. The summed E-state index contributed by atoms with van der Waals surface area (Å²) in [5.41, 5.74) is 6.89. The molecular formula is C19H22N4O2S2. The highest BCUT2D eigenvalue weighted by molar-refractivity contribution is 7.81. The number of nitrogens with one attached hydrogen (secondary N) is 2. The summed E-state index contributed by atoms with van der Waals surface area (Å²) >= 11 is 10.7. The van der Waals surface area contributed by atoms with Gasteiger partial charge >= 0.3 is 0 Å². The second-order valence-electron chi connectivity index (χ2n) is 5.98. The van der Waals surface area contributed by atoms with Gasteiger partial charge in [-0.1, -0.05) is 73.0 Å². The van der Waals surface area contributed by atoms with Crippen LogP contribution in [0.4, 0.5) is 0 Å². The predicted octanol–water partition coefficient (Wildman–Crippen LogP) is 2.28. The molecule has 1 aliphatic rings. The van der Waals surface area contributed by atoms with Gasteiger partial charge in [-0.25, -0.2) is 0 Å².